The van der Waals surface area contributed by atoms with Gasteiger partial charge in [-0.1, -0.05) is 106 Å². The molecule has 0 aromatic heterocycles. The number of hydrogen-bond acceptors (Lipinski definition) is 2. The van der Waals surface area contributed by atoms with Gasteiger partial charge < -0.3 is 4.74 Å². The topological polar surface area (TPSA) is 29.5 Å². The lowest BCUT2D eigenvalue weighted by molar-refractivity contribution is 0.125. The maximum atomic E-state index is 13.8. The summed E-state index contributed by atoms with van der Waals surface area (Å²) < 4.78 is 6.00. The van der Waals surface area contributed by atoms with Gasteiger partial charge in [0.05, 0.1) is 5.69 Å². The van der Waals surface area contributed by atoms with Gasteiger partial charge in [-0.2, -0.15) is 0 Å². The van der Waals surface area contributed by atoms with Gasteiger partial charge in [0.1, 0.15) is 5.75 Å². The molecule has 2 aliphatic heterocycles. The highest BCUT2D eigenvalue weighted by Crippen LogP contribution is 2.62. The molecule has 0 radical (unpaired) electrons. The molecule has 2 heterocycles. The molecular weight excluding hydrogens is 477 g/mol. The molecule has 0 atom stereocenters. The number of fused-ring (bicyclic) bond motifs is 3. The molecule has 4 aromatic carbocycles. The van der Waals surface area contributed by atoms with Gasteiger partial charge in [0.15, 0.2) is 0 Å². The average molecular weight is 513 g/mol. The van der Waals surface area contributed by atoms with Crippen molar-refractivity contribution < 1.29 is 9.53 Å². The van der Waals surface area contributed by atoms with Crippen LogP contribution in [0, 0.1) is 26.2 Å². The van der Waals surface area contributed by atoms with E-state index in [-0.39, 0.29) is 29.1 Å². The zero-order chi connectivity index (χ0) is 27.8. The molecular formula is C35H36BNO2. The van der Waals surface area contributed by atoms with Crippen LogP contribution >= 0.6 is 0 Å². The van der Waals surface area contributed by atoms with Crippen LogP contribution in [-0.2, 0) is 10.8 Å². The van der Waals surface area contributed by atoms with E-state index in [4.69, 9.17) is 4.74 Å². The fourth-order valence-electron chi connectivity index (χ4n) is 8.00. The number of nitrogens with zero attached hydrogens (tertiary/aromatic N) is 1. The summed E-state index contributed by atoms with van der Waals surface area (Å²) in [4.78, 5) is 15.7. The molecule has 1 aliphatic carbocycles. The Kier molecular flexibility index (Phi) is 4.62. The third-order valence-electron chi connectivity index (χ3n) is 11.1. The van der Waals surface area contributed by atoms with Gasteiger partial charge in [0, 0.05) is 11.1 Å². The van der Waals surface area contributed by atoms with E-state index >= 15 is 0 Å². The van der Waals surface area contributed by atoms with E-state index in [9.17, 15) is 4.79 Å². The Balaban J connectivity index is 1.65. The smallest absolute Gasteiger partial charge is 0.409 e. The predicted octanol–water partition coefficient (Wildman–Crippen LogP) is 6.84. The minimum atomic E-state index is -0.325. The van der Waals surface area contributed by atoms with Crippen molar-refractivity contribution in [2.45, 2.75) is 73.1 Å². The zero-order valence-electron chi connectivity index (χ0n) is 24.5. The van der Waals surface area contributed by atoms with E-state index < -0.39 is 0 Å². The van der Waals surface area contributed by atoms with Gasteiger partial charge >= 0.3 is 6.09 Å². The first kappa shape index (κ1) is 24.5. The fourth-order valence-corrected chi connectivity index (χ4v) is 8.00. The summed E-state index contributed by atoms with van der Waals surface area (Å²) in [5.74, 6) is 0.647. The van der Waals surface area contributed by atoms with Gasteiger partial charge in [0.2, 0.25) is 6.71 Å². The fraction of sp³-hybridized carbons (Fsp3) is 0.343. The second-order valence-electron chi connectivity index (χ2n) is 13.6. The molecule has 0 spiro atoms. The van der Waals surface area contributed by atoms with E-state index in [0.29, 0.717) is 5.75 Å². The predicted molar refractivity (Wildman–Crippen MR) is 164 cm³/mol. The van der Waals surface area contributed by atoms with Crippen LogP contribution in [0.4, 0.5) is 16.2 Å². The lowest BCUT2D eigenvalue weighted by Crippen LogP contribution is -2.61. The summed E-state index contributed by atoms with van der Waals surface area (Å²) in [6.45, 7) is 20.9. The van der Waals surface area contributed by atoms with Crippen LogP contribution in [0.3, 0.4) is 0 Å². The third kappa shape index (κ3) is 2.82. The van der Waals surface area contributed by atoms with Crippen LogP contribution in [0.25, 0.3) is 10.8 Å². The Morgan fingerprint density at radius 3 is 2.08 bits per heavy atom. The van der Waals surface area contributed by atoms with E-state index in [1.807, 2.05) is 17.0 Å². The van der Waals surface area contributed by atoms with Crippen LogP contribution in [0.2, 0.25) is 0 Å². The first-order valence-electron chi connectivity index (χ1n) is 14.1. The number of anilines is 2. The molecule has 3 nitrogen and oxygen atoms in total. The molecule has 0 bridgehead atoms. The molecule has 0 saturated carbocycles. The molecule has 4 heteroatoms. The van der Waals surface area contributed by atoms with Crippen LogP contribution in [0.1, 0.15) is 69.4 Å². The molecule has 4 aromatic rings. The number of carbonyl (C=O) groups excluding carboxylic acids is 1. The number of rotatable bonds is 1. The number of hydrogen-bond donors (Lipinski definition) is 0. The van der Waals surface area contributed by atoms with Crippen molar-refractivity contribution >= 4 is 51.3 Å². The van der Waals surface area contributed by atoms with E-state index in [0.717, 1.165) is 22.1 Å². The van der Waals surface area contributed by atoms with Crippen molar-refractivity contribution in [3.05, 3.63) is 82.4 Å². The van der Waals surface area contributed by atoms with Crippen molar-refractivity contribution in [3.8, 4) is 5.75 Å². The van der Waals surface area contributed by atoms with Crippen molar-refractivity contribution in [2.75, 3.05) is 4.90 Å². The molecule has 39 heavy (non-hydrogen) atoms. The summed E-state index contributed by atoms with van der Waals surface area (Å²) >= 11 is 0. The van der Waals surface area contributed by atoms with Gasteiger partial charge in [-0.15, -0.1) is 0 Å². The summed E-state index contributed by atoms with van der Waals surface area (Å²) in [6.07, 6.45) is -0.325. The van der Waals surface area contributed by atoms with Crippen molar-refractivity contribution in [1.82, 2.24) is 0 Å². The summed E-state index contributed by atoms with van der Waals surface area (Å²) in [5.41, 5.74) is 12.1. The van der Waals surface area contributed by atoms with Crippen LogP contribution in [-0.4, -0.2) is 12.8 Å². The number of benzene rings is 4. The largest absolute Gasteiger partial charge is 0.424 e. The number of ether oxygens (including phenoxy) is 1. The van der Waals surface area contributed by atoms with Crippen LogP contribution < -0.4 is 26.0 Å². The average Bonchev–Trinajstić information content (AvgIpc) is 2.95. The zero-order valence-corrected chi connectivity index (χ0v) is 24.5. The van der Waals surface area contributed by atoms with E-state index in [1.165, 1.54) is 44.2 Å². The van der Waals surface area contributed by atoms with Crippen molar-refractivity contribution in [3.63, 3.8) is 0 Å². The molecule has 0 saturated heterocycles. The minimum absolute atomic E-state index is 0.0168. The summed E-state index contributed by atoms with van der Waals surface area (Å²) in [6, 6.07) is 19.8. The Morgan fingerprint density at radius 1 is 0.769 bits per heavy atom. The quantitative estimate of drug-likeness (QED) is 0.261. The van der Waals surface area contributed by atoms with E-state index in [1.54, 1.807) is 0 Å². The Hall–Kier alpha value is -3.53. The Labute approximate surface area is 232 Å². The Bertz CT molecular complexity index is 1750. The highest BCUT2D eigenvalue weighted by molar-refractivity contribution is 6.98. The van der Waals surface area contributed by atoms with Crippen molar-refractivity contribution in [2.24, 2.45) is 5.41 Å². The molecule has 196 valence electrons. The second kappa shape index (κ2) is 7.35. The molecule has 1 amide bonds. The van der Waals surface area contributed by atoms with Gasteiger partial charge in [-0.25, -0.2) is 9.69 Å². The molecule has 0 N–H and O–H groups in total. The number of amides is 1. The van der Waals surface area contributed by atoms with Gasteiger partial charge in [0.25, 0.3) is 0 Å². The lowest BCUT2D eigenvalue weighted by Gasteiger charge is -2.44. The van der Waals surface area contributed by atoms with Crippen LogP contribution in [0.5, 0.6) is 5.75 Å². The third-order valence-corrected chi connectivity index (χ3v) is 11.1. The monoisotopic (exact) mass is 513 g/mol. The van der Waals surface area contributed by atoms with Crippen molar-refractivity contribution in [1.29, 1.82) is 0 Å². The first-order valence-corrected chi connectivity index (χ1v) is 14.1. The lowest BCUT2D eigenvalue weighted by atomic mass is 9.33. The SMILES string of the molecule is Cc1cc(C)c(B2c3cc4c(cc3N3C(=O)Oc5cccc6ccc2c3c56)C(C)(C)C(C)(C)C4(C)C)c(C)c1. The Morgan fingerprint density at radius 2 is 1.41 bits per heavy atom. The standard InChI is InChI=1S/C35H36BNO2/c1-19-15-20(2)30(21(3)16-19)36-25-14-13-22-11-10-12-28-29(22)31(25)37(32(38)39-28)27-18-24-23(17-26(27)36)33(4,5)35(8,9)34(24,6)7/h10-18H,1-9H3. The highest BCUT2D eigenvalue weighted by Gasteiger charge is 2.58. The summed E-state index contributed by atoms with van der Waals surface area (Å²) in [7, 11) is 0. The molecule has 7 rings (SSSR count). The maximum absolute atomic E-state index is 13.8. The van der Waals surface area contributed by atoms with Crippen LogP contribution in [0.15, 0.2) is 54.6 Å². The minimum Gasteiger partial charge on any atom is -0.409 e. The number of aryl methyl sites for hydroxylation is 3. The molecule has 0 fully saturated rings. The first-order chi connectivity index (χ1) is 18.3. The molecule has 3 aliphatic rings. The molecule has 0 unspecified atom stereocenters. The summed E-state index contributed by atoms with van der Waals surface area (Å²) in [5, 5.41) is 2.11. The van der Waals surface area contributed by atoms with Gasteiger partial charge in [-0.05, 0) is 76.6 Å². The van der Waals surface area contributed by atoms with Gasteiger partial charge in [-0.3, -0.25) is 0 Å². The maximum Gasteiger partial charge on any atom is 0.424 e. The number of carbonyl (C=O) groups is 1. The normalized spacial score (nSPS) is 19.2. The van der Waals surface area contributed by atoms with E-state index in [2.05, 4.69) is 105 Å². The highest BCUT2D eigenvalue weighted by atomic mass is 16.6. The second-order valence-corrected chi connectivity index (χ2v) is 13.6.